The van der Waals surface area contributed by atoms with Gasteiger partial charge >= 0.3 is 39.5 Å². The summed E-state index contributed by atoms with van der Waals surface area (Å²) in [5.74, 6) is 0.294. The average Bonchev–Trinajstić information content (AvgIpc) is 0.998. The smallest absolute Gasteiger partial charge is 0.462 e. The third-order valence-electron chi connectivity index (χ3n) is 18.9. The Kier molecular flexibility index (Phi) is 67.1. The van der Waals surface area contributed by atoms with Gasteiger partial charge in [-0.15, -0.1) is 0 Å². The molecule has 0 aromatic carbocycles. The molecule has 0 aromatic heterocycles. The summed E-state index contributed by atoms with van der Waals surface area (Å²) < 4.78 is 68.4. The molecule has 17 nitrogen and oxygen atoms in total. The molecule has 0 aliphatic carbocycles. The van der Waals surface area contributed by atoms with Gasteiger partial charge in [0.2, 0.25) is 0 Å². The summed E-state index contributed by atoms with van der Waals surface area (Å²) in [6, 6.07) is 0. The minimum Gasteiger partial charge on any atom is -0.462 e. The van der Waals surface area contributed by atoms with Gasteiger partial charge in [0.25, 0.3) is 0 Å². The van der Waals surface area contributed by atoms with Crippen molar-refractivity contribution >= 4 is 39.5 Å². The van der Waals surface area contributed by atoms with Crippen molar-refractivity contribution in [2.24, 2.45) is 17.8 Å². The fourth-order valence-corrected chi connectivity index (χ4v) is 13.5. The number of hydrogen-bond donors (Lipinski definition) is 3. The standard InChI is InChI=1S/C78H152O17P2/c1-8-11-12-13-35-45-52-59-75(80)88-65-73(95-78(83)62-55-48-41-34-36-42-49-56-69(4)5)67-92-96(84,85)90-63-72(79)64-91-97(86,87)93-68-74(66-89-76(81)60-53-46-39-32-28-24-21-20-23-27-31-38-44-51-58-71(7)10-3)94-77(82)61-54-47-40-33-29-25-19-17-15-14-16-18-22-26-30-37-43-50-57-70(6)9-2/h69-74,79H,8-68H2,1-7H3,(H,84,85)(H,86,87)/t70?,71?,72-,73+,74+/m0/s1. The monoisotopic (exact) mass is 1420 g/mol. The molecular formula is C78H152O17P2. The summed E-state index contributed by atoms with van der Waals surface area (Å²) in [5.41, 5.74) is 0. The van der Waals surface area contributed by atoms with Crippen LogP contribution in [0.25, 0.3) is 0 Å². The number of esters is 4. The Balaban J connectivity index is 5.15. The van der Waals surface area contributed by atoms with Crippen molar-refractivity contribution in [1.82, 2.24) is 0 Å². The van der Waals surface area contributed by atoms with Crippen LogP contribution in [0.5, 0.6) is 0 Å². The molecule has 0 fully saturated rings. The highest BCUT2D eigenvalue weighted by Crippen LogP contribution is 2.45. The van der Waals surface area contributed by atoms with Crippen LogP contribution in [-0.4, -0.2) is 96.7 Å². The summed E-state index contributed by atoms with van der Waals surface area (Å²) >= 11 is 0. The number of phosphoric acid groups is 2. The van der Waals surface area contributed by atoms with E-state index in [1.54, 1.807) is 0 Å². The molecule has 0 aliphatic heterocycles. The molecule has 97 heavy (non-hydrogen) atoms. The molecular weight excluding hydrogens is 1270 g/mol. The molecule has 0 aromatic rings. The van der Waals surface area contributed by atoms with E-state index < -0.39 is 97.5 Å². The zero-order valence-electron chi connectivity index (χ0n) is 63.5. The van der Waals surface area contributed by atoms with Gasteiger partial charge in [0, 0.05) is 25.7 Å². The van der Waals surface area contributed by atoms with Crippen LogP contribution in [0, 0.1) is 17.8 Å². The van der Waals surface area contributed by atoms with Gasteiger partial charge in [-0.25, -0.2) is 9.13 Å². The van der Waals surface area contributed by atoms with Crippen molar-refractivity contribution in [1.29, 1.82) is 0 Å². The van der Waals surface area contributed by atoms with E-state index in [2.05, 4.69) is 48.5 Å². The lowest BCUT2D eigenvalue weighted by molar-refractivity contribution is -0.161. The lowest BCUT2D eigenvalue weighted by Crippen LogP contribution is -2.30. The van der Waals surface area contributed by atoms with Crippen LogP contribution in [0.4, 0.5) is 0 Å². The van der Waals surface area contributed by atoms with Gasteiger partial charge in [-0.1, -0.05) is 350 Å². The maximum absolute atomic E-state index is 13.1. The first-order valence-corrected chi connectivity index (χ1v) is 43.4. The molecule has 19 heteroatoms. The van der Waals surface area contributed by atoms with Gasteiger partial charge in [0.15, 0.2) is 12.2 Å². The molecule has 7 atom stereocenters. The minimum absolute atomic E-state index is 0.103. The van der Waals surface area contributed by atoms with E-state index in [-0.39, 0.29) is 25.7 Å². The largest absolute Gasteiger partial charge is 0.472 e. The third kappa shape index (κ3) is 69.5. The molecule has 0 saturated carbocycles. The number of aliphatic hydroxyl groups is 1. The van der Waals surface area contributed by atoms with Gasteiger partial charge in [-0.2, -0.15) is 0 Å². The number of carbonyl (C=O) groups excluding carboxylic acids is 4. The lowest BCUT2D eigenvalue weighted by atomic mass is 9.99. The molecule has 0 bridgehead atoms. The highest BCUT2D eigenvalue weighted by atomic mass is 31.2. The van der Waals surface area contributed by atoms with Crippen LogP contribution in [-0.2, 0) is 65.4 Å². The quantitative estimate of drug-likeness (QED) is 0.0222. The number of rotatable bonds is 76. The third-order valence-corrected chi connectivity index (χ3v) is 20.8. The normalized spacial score (nSPS) is 14.6. The van der Waals surface area contributed by atoms with Gasteiger partial charge in [-0.05, 0) is 43.4 Å². The average molecular weight is 1420 g/mol. The molecule has 0 amide bonds. The molecule has 576 valence electrons. The highest BCUT2D eigenvalue weighted by Gasteiger charge is 2.30. The summed E-state index contributed by atoms with van der Waals surface area (Å²) in [4.78, 5) is 72.7. The Bertz CT molecular complexity index is 1890. The van der Waals surface area contributed by atoms with E-state index in [1.807, 2.05) is 0 Å². The van der Waals surface area contributed by atoms with E-state index in [0.29, 0.717) is 31.6 Å². The summed E-state index contributed by atoms with van der Waals surface area (Å²) in [7, 11) is -9.91. The van der Waals surface area contributed by atoms with E-state index in [4.69, 9.17) is 37.0 Å². The fraction of sp³-hybridized carbons (Fsp3) is 0.949. The van der Waals surface area contributed by atoms with Crippen molar-refractivity contribution in [3.8, 4) is 0 Å². The Morgan fingerprint density at radius 2 is 0.526 bits per heavy atom. The van der Waals surface area contributed by atoms with Crippen molar-refractivity contribution in [3.63, 3.8) is 0 Å². The summed E-state index contributed by atoms with van der Waals surface area (Å²) in [6.07, 6.45) is 55.8. The first-order valence-electron chi connectivity index (χ1n) is 40.4. The van der Waals surface area contributed by atoms with Gasteiger partial charge in [0.1, 0.15) is 19.3 Å². The predicted octanol–water partition coefficient (Wildman–Crippen LogP) is 23.0. The predicted molar refractivity (Wildman–Crippen MR) is 395 cm³/mol. The molecule has 0 radical (unpaired) electrons. The van der Waals surface area contributed by atoms with Crippen LogP contribution < -0.4 is 0 Å². The molecule has 0 saturated heterocycles. The second kappa shape index (κ2) is 68.5. The zero-order chi connectivity index (χ0) is 71.6. The Labute approximate surface area is 594 Å². The van der Waals surface area contributed by atoms with Gasteiger partial charge in [-0.3, -0.25) is 37.3 Å². The number of ether oxygens (including phenoxy) is 4. The van der Waals surface area contributed by atoms with Crippen molar-refractivity contribution in [3.05, 3.63) is 0 Å². The van der Waals surface area contributed by atoms with E-state index >= 15 is 0 Å². The van der Waals surface area contributed by atoms with Gasteiger partial charge < -0.3 is 33.8 Å². The van der Waals surface area contributed by atoms with Crippen molar-refractivity contribution in [2.45, 2.75) is 420 Å². The summed E-state index contributed by atoms with van der Waals surface area (Å²) in [5, 5.41) is 10.6. The van der Waals surface area contributed by atoms with E-state index in [0.717, 1.165) is 115 Å². The molecule has 0 rings (SSSR count). The highest BCUT2D eigenvalue weighted by molar-refractivity contribution is 7.47. The lowest BCUT2D eigenvalue weighted by Gasteiger charge is -2.21. The number of phosphoric ester groups is 2. The molecule has 0 spiro atoms. The topological polar surface area (TPSA) is 237 Å². The first-order chi connectivity index (χ1) is 46.8. The molecule has 4 unspecified atom stereocenters. The van der Waals surface area contributed by atoms with E-state index in [9.17, 15) is 43.2 Å². The number of hydrogen-bond acceptors (Lipinski definition) is 15. The SMILES string of the molecule is CCCCCCCCCC(=O)OC[C@H](COP(=O)(O)OC[C@H](O)COP(=O)(O)OC[C@@H](COC(=O)CCCCCCCCCCCCCCCCC(C)CC)OC(=O)CCCCCCCCCCCCCCCCCCCCC(C)CC)OC(=O)CCCCCCCCCC(C)C. The van der Waals surface area contributed by atoms with Crippen LogP contribution in [0.3, 0.4) is 0 Å². The van der Waals surface area contributed by atoms with E-state index in [1.165, 1.54) is 199 Å². The fourth-order valence-electron chi connectivity index (χ4n) is 11.9. The van der Waals surface area contributed by atoms with Crippen LogP contribution >= 0.6 is 15.6 Å². The number of aliphatic hydroxyl groups excluding tert-OH is 1. The van der Waals surface area contributed by atoms with Crippen LogP contribution in [0.15, 0.2) is 0 Å². The molecule has 3 N–H and O–H groups in total. The minimum atomic E-state index is -4.96. The van der Waals surface area contributed by atoms with Crippen LogP contribution in [0.1, 0.15) is 402 Å². The number of carbonyl (C=O) groups is 4. The number of unbranched alkanes of at least 4 members (excludes halogenated alkanes) is 42. The van der Waals surface area contributed by atoms with Gasteiger partial charge in [0.05, 0.1) is 26.4 Å². The summed E-state index contributed by atoms with van der Waals surface area (Å²) in [6.45, 7) is 11.9. The second-order valence-electron chi connectivity index (χ2n) is 29.1. The van der Waals surface area contributed by atoms with Crippen molar-refractivity contribution in [2.75, 3.05) is 39.6 Å². The Hall–Kier alpha value is -1.94. The maximum Gasteiger partial charge on any atom is 0.472 e. The molecule has 0 heterocycles. The van der Waals surface area contributed by atoms with Crippen molar-refractivity contribution < 1.29 is 80.2 Å². The zero-order valence-corrected chi connectivity index (χ0v) is 65.3. The second-order valence-corrected chi connectivity index (χ2v) is 32.0. The Morgan fingerprint density at radius 3 is 0.784 bits per heavy atom. The molecule has 0 aliphatic rings. The maximum atomic E-state index is 13.1. The van der Waals surface area contributed by atoms with Crippen LogP contribution in [0.2, 0.25) is 0 Å². The first kappa shape index (κ1) is 95.1. The Morgan fingerprint density at radius 1 is 0.299 bits per heavy atom.